The molecule has 3 aromatic heterocycles. The average Bonchev–Trinajstić information content (AvgIpc) is 3.32. The van der Waals surface area contributed by atoms with Crippen LogP contribution in [0.5, 0.6) is 0 Å². The van der Waals surface area contributed by atoms with Crippen molar-refractivity contribution in [2.75, 3.05) is 0 Å². The third-order valence-corrected chi connectivity index (χ3v) is 7.52. The Balaban J connectivity index is 1.45. The zero-order valence-electron chi connectivity index (χ0n) is 21.2. The first-order valence-corrected chi connectivity index (χ1v) is 13.1. The fourth-order valence-electron chi connectivity index (χ4n) is 5.90. The Kier molecular flexibility index (Phi) is 5.17. The van der Waals surface area contributed by atoms with Crippen molar-refractivity contribution in [2.45, 2.75) is 33.1 Å². The van der Waals surface area contributed by atoms with Crippen LogP contribution in [-0.2, 0) is 19.3 Å². The van der Waals surface area contributed by atoms with Crippen molar-refractivity contribution in [2.24, 2.45) is 5.92 Å². The summed E-state index contributed by atoms with van der Waals surface area (Å²) >= 11 is 0. The molecule has 0 spiro atoms. The number of fused-ring (bicyclic) bond motifs is 6. The molecule has 0 saturated carbocycles. The molecule has 3 heterocycles. The highest BCUT2D eigenvalue weighted by Gasteiger charge is 2.27. The van der Waals surface area contributed by atoms with Gasteiger partial charge in [0.15, 0.2) is 5.58 Å². The molecule has 7 rings (SSSR count). The minimum absolute atomic E-state index is 0.573. The third-order valence-electron chi connectivity index (χ3n) is 7.52. The zero-order valence-corrected chi connectivity index (χ0v) is 21.2. The Bertz CT molecular complexity index is 1780. The van der Waals surface area contributed by atoms with Gasteiger partial charge in [0, 0.05) is 41.0 Å². The van der Waals surface area contributed by atoms with Crippen LogP contribution in [0.25, 0.3) is 55.3 Å². The minimum atomic E-state index is 0.573. The summed E-state index contributed by atoms with van der Waals surface area (Å²) in [5.74, 6) is 1.63. The summed E-state index contributed by atoms with van der Waals surface area (Å²) in [5.41, 5.74) is 10.3. The van der Waals surface area contributed by atoms with Crippen molar-refractivity contribution in [3.63, 3.8) is 0 Å². The van der Waals surface area contributed by atoms with Crippen molar-refractivity contribution < 1.29 is 4.42 Å². The zero-order chi connectivity index (χ0) is 24.9. The second kappa shape index (κ2) is 8.70. The van der Waals surface area contributed by atoms with Gasteiger partial charge in [-0.1, -0.05) is 68.4 Å². The van der Waals surface area contributed by atoms with Crippen LogP contribution in [0.3, 0.4) is 0 Å². The Morgan fingerprint density at radius 2 is 1.57 bits per heavy atom. The number of rotatable bonds is 4. The van der Waals surface area contributed by atoms with Crippen molar-refractivity contribution in [3.8, 4) is 33.5 Å². The number of benzene rings is 3. The highest BCUT2D eigenvalue weighted by atomic mass is 16.3. The maximum atomic E-state index is 6.63. The van der Waals surface area contributed by atoms with E-state index >= 15 is 0 Å². The van der Waals surface area contributed by atoms with Crippen LogP contribution in [0.2, 0.25) is 0 Å². The molecule has 0 N–H and O–H groups in total. The van der Waals surface area contributed by atoms with Gasteiger partial charge < -0.3 is 4.42 Å². The molecule has 0 unspecified atom stereocenters. The fraction of sp³-hybridized carbons (Fsp3) is 0.176. The standard InChI is InChI=1S/C34H28N2O/c1-21(2)18-30-26-12-13-31-32(27(26)14-16-35-30)28-15-17-36-33(34(28)37-31)24-19-23-10-6-7-11-25(23)29(20-24)22-8-4-3-5-9-22/h3-11,14-17,19-21H,12-13,18H2,1-2H3. The van der Waals surface area contributed by atoms with Gasteiger partial charge in [-0.15, -0.1) is 0 Å². The number of hydrogen-bond donors (Lipinski definition) is 0. The van der Waals surface area contributed by atoms with Crippen LogP contribution in [0.4, 0.5) is 0 Å². The van der Waals surface area contributed by atoms with Gasteiger partial charge in [0.1, 0.15) is 11.5 Å². The molecular formula is C34H28N2O. The minimum Gasteiger partial charge on any atom is -0.458 e. The van der Waals surface area contributed by atoms with Crippen LogP contribution >= 0.6 is 0 Å². The predicted octanol–water partition coefficient (Wildman–Crippen LogP) is 8.67. The number of aryl methyl sites for hydroxylation is 1. The quantitative estimate of drug-likeness (QED) is 0.253. The van der Waals surface area contributed by atoms with Crippen LogP contribution in [0, 0.1) is 5.92 Å². The van der Waals surface area contributed by atoms with Gasteiger partial charge in [-0.05, 0) is 76.1 Å². The smallest absolute Gasteiger partial charge is 0.161 e. The third kappa shape index (κ3) is 3.65. The second-order valence-corrected chi connectivity index (χ2v) is 10.4. The van der Waals surface area contributed by atoms with E-state index in [1.165, 1.54) is 44.3 Å². The van der Waals surface area contributed by atoms with Gasteiger partial charge in [-0.2, -0.15) is 0 Å². The summed E-state index contributed by atoms with van der Waals surface area (Å²) in [5, 5.41) is 3.57. The fourth-order valence-corrected chi connectivity index (χ4v) is 5.90. The lowest BCUT2D eigenvalue weighted by Gasteiger charge is -2.19. The lowest BCUT2D eigenvalue weighted by Crippen LogP contribution is -2.09. The van der Waals surface area contributed by atoms with E-state index in [2.05, 4.69) is 92.7 Å². The van der Waals surface area contributed by atoms with E-state index in [1.54, 1.807) is 0 Å². The normalized spacial score (nSPS) is 12.7. The molecule has 6 aromatic rings. The average molecular weight is 481 g/mol. The lowest BCUT2D eigenvalue weighted by atomic mass is 9.86. The van der Waals surface area contributed by atoms with Crippen molar-refractivity contribution in [1.82, 2.24) is 9.97 Å². The maximum absolute atomic E-state index is 6.63. The van der Waals surface area contributed by atoms with Crippen molar-refractivity contribution in [1.29, 1.82) is 0 Å². The lowest BCUT2D eigenvalue weighted by molar-refractivity contribution is 0.543. The molecule has 3 heteroatoms. The van der Waals surface area contributed by atoms with Crippen molar-refractivity contribution >= 4 is 21.7 Å². The molecule has 3 nitrogen and oxygen atoms in total. The molecule has 1 aliphatic rings. The molecule has 0 saturated heterocycles. The number of nitrogens with zero attached hydrogens (tertiary/aromatic N) is 2. The monoisotopic (exact) mass is 480 g/mol. The molecule has 0 bridgehead atoms. The summed E-state index contributed by atoms with van der Waals surface area (Å²) in [7, 11) is 0. The summed E-state index contributed by atoms with van der Waals surface area (Å²) in [6.45, 7) is 4.52. The molecule has 37 heavy (non-hydrogen) atoms. The molecular weight excluding hydrogens is 452 g/mol. The topological polar surface area (TPSA) is 38.9 Å². The van der Waals surface area contributed by atoms with Gasteiger partial charge in [0.2, 0.25) is 0 Å². The first-order chi connectivity index (χ1) is 18.2. The van der Waals surface area contributed by atoms with E-state index in [-0.39, 0.29) is 0 Å². The molecule has 3 aromatic carbocycles. The number of aromatic nitrogens is 2. The van der Waals surface area contributed by atoms with Crippen LogP contribution in [0.1, 0.15) is 30.9 Å². The van der Waals surface area contributed by atoms with E-state index in [4.69, 9.17) is 14.4 Å². The largest absolute Gasteiger partial charge is 0.458 e. The second-order valence-electron chi connectivity index (χ2n) is 10.4. The first-order valence-electron chi connectivity index (χ1n) is 13.1. The molecule has 0 aliphatic heterocycles. The van der Waals surface area contributed by atoms with E-state index in [0.29, 0.717) is 5.92 Å². The first kappa shape index (κ1) is 22.0. The predicted molar refractivity (Wildman–Crippen MR) is 152 cm³/mol. The Labute approximate surface area is 216 Å². The van der Waals surface area contributed by atoms with E-state index < -0.39 is 0 Å². The number of hydrogen-bond acceptors (Lipinski definition) is 3. The van der Waals surface area contributed by atoms with E-state index in [0.717, 1.165) is 47.2 Å². The number of furan rings is 1. The Morgan fingerprint density at radius 3 is 2.43 bits per heavy atom. The molecule has 0 fully saturated rings. The van der Waals surface area contributed by atoms with Crippen LogP contribution in [-0.4, -0.2) is 9.97 Å². The Morgan fingerprint density at radius 1 is 0.757 bits per heavy atom. The van der Waals surface area contributed by atoms with Gasteiger partial charge in [-0.3, -0.25) is 9.97 Å². The summed E-state index contributed by atoms with van der Waals surface area (Å²) < 4.78 is 6.63. The Hall–Kier alpha value is -4.24. The summed E-state index contributed by atoms with van der Waals surface area (Å²) in [6, 6.07) is 27.9. The van der Waals surface area contributed by atoms with Gasteiger partial charge >= 0.3 is 0 Å². The van der Waals surface area contributed by atoms with Gasteiger partial charge in [-0.25, -0.2) is 0 Å². The molecule has 180 valence electrons. The van der Waals surface area contributed by atoms with Crippen molar-refractivity contribution in [3.05, 3.63) is 108 Å². The molecule has 0 radical (unpaired) electrons. The molecule has 1 aliphatic carbocycles. The molecule has 0 atom stereocenters. The highest BCUT2D eigenvalue weighted by Crippen LogP contribution is 2.44. The van der Waals surface area contributed by atoms with Gasteiger partial charge in [0.05, 0.1) is 0 Å². The summed E-state index contributed by atoms with van der Waals surface area (Å²) in [6.07, 6.45) is 6.74. The SMILES string of the molecule is CC(C)Cc1nccc2c1CCc1oc3c(-c4cc(-c5ccccc5)c5ccccc5c4)nccc3c1-2. The number of pyridine rings is 2. The highest BCUT2D eigenvalue weighted by molar-refractivity contribution is 6.05. The van der Waals surface area contributed by atoms with Gasteiger partial charge in [0.25, 0.3) is 0 Å². The van der Waals surface area contributed by atoms with E-state index in [9.17, 15) is 0 Å². The molecule has 0 amide bonds. The maximum Gasteiger partial charge on any atom is 0.161 e. The van der Waals surface area contributed by atoms with E-state index in [1.807, 2.05) is 12.4 Å². The summed E-state index contributed by atoms with van der Waals surface area (Å²) in [4.78, 5) is 9.63. The van der Waals surface area contributed by atoms with Crippen LogP contribution in [0.15, 0.2) is 95.7 Å². The van der Waals surface area contributed by atoms with Crippen LogP contribution < -0.4 is 0 Å².